The third-order valence-electron chi connectivity index (χ3n) is 3.15. The SMILES string of the molecule is Cc1ccn2c(=O)cc(COc3ccc(Cl)c(Cl)c3)nc2c1. The Balaban J connectivity index is 1.87. The van der Waals surface area contributed by atoms with Gasteiger partial charge in [-0.2, -0.15) is 0 Å². The number of fused-ring (bicyclic) bond motifs is 1. The minimum atomic E-state index is -0.141. The van der Waals surface area contributed by atoms with Crippen LogP contribution in [0.15, 0.2) is 47.4 Å². The van der Waals surface area contributed by atoms with Crippen LogP contribution in [0.1, 0.15) is 11.3 Å². The van der Waals surface area contributed by atoms with Gasteiger partial charge in [-0.05, 0) is 36.8 Å². The number of hydrogen-bond donors (Lipinski definition) is 0. The maximum atomic E-state index is 12.0. The molecule has 22 heavy (non-hydrogen) atoms. The van der Waals surface area contributed by atoms with Crippen molar-refractivity contribution in [3.05, 3.63) is 74.3 Å². The largest absolute Gasteiger partial charge is 0.487 e. The van der Waals surface area contributed by atoms with E-state index in [1.54, 1.807) is 24.4 Å². The Labute approximate surface area is 136 Å². The van der Waals surface area contributed by atoms with E-state index < -0.39 is 0 Å². The lowest BCUT2D eigenvalue weighted by Gasteiger charge is -2.08. The summed E-state index contributed by atoms with van der Waals surface area (Å²) < 4.78 is 7.10. The van der Waals surface area contributed by atoms with Crippen molar-refractivity contribution >= 4 is 28.8 Å². The number of aromatic nitrogens is 2. The number of ether oxygens (including phenoxy) is 1. The van der Waals surface area contributed by atoms with Gasteiger partial charge in [0, 0.05) is 18.3 Å². The molecule has 0 aliphatic heterocycles. The van der Waals surface area contributed by atoms with Crippen LogP contribution in [0.4, 0.5) is 0 Å². The molecular formula is C16H12Cl2N2O2. The van der Waals surface area contributed by atoms with Gasteiger partial charge in [-0.1, -0.05) is 23.2 Å². The van der Waals surface area contributed by atoms with Crippen molar-refractivity contribution in [1.82, 2.24) is 9.38 Å². The van der Waals surface area contributed by atoms with Crippen molar-refractivity contribution in [1.29, 1.82) is 0 Å². The summed E-state index contributed by atoms with van der Waals surface area (Å²) in [6, 6.07) is 10.2. The number of pyridine rings is 1. The van der Waals surface area contributed by atoms with E-state index in [4.69, 9.17) is 27.9 Å². The molecule has 1 aromatic carbocycles. The summed E-state index contributed by atoms with van der Waals surface area (Å²) in [5, 5.41) is 0.882. The molecule has 2 aromatic heterocycles. The number of benzene rings is 1. The zero-order valence-corrected chi connectivity index (χ0v) is 13.2. The monoisotopic (exact) mass is 334 g/mol. The van der Waals surface area contributed by atoms with E-state index in [2.05, 4.69) is 4.98 Å². The first-order valence-corrected chi connectivity index (χ1v) is 7.35. The molecule has 0 unspecified atom stereocenters. The molecule has 3 rings (SSSR count). The average Bonchev–Trinajstić information content (AvgIpc) is 2.48. The van der Waals surface area contributed by atoms with Gasteiger partial charge in [0.2, 0.25) is 0 Å². The second kappa shape index (κ2) is 5.99. The fourth-order valence-electron chi connectivity index (χ4n) is 2.05. The van der Waals surface area contributed by atoms with Crippen LogP contribution in [0.2, 0.25) is 10.0 Å². The molecular weight excluding hydrogens is 323 g/mol. The highest BCUT2D eigenvalue weighted by atomic mass is 35.5. The van der Waals surface area contributed by atoms with Crippen molar-refractivity contribution in [2.75, 3.05) is 0 Å². The predicted molar refractivity (Wildman–Crippen MR) is 87.0 cm³/mol. The summed E-state index contributed by atoms with van der Waals surface area (Å²) >= 11 is 11.8. The minimum absolute atomic E-state index is 0.141. The highest BCUT2D eigenvalue weighted by Gasteiger charge is 2.05. The fourth-order valence-corrected chi connectivity index (χ4v) is 2.34. The lowest BCUT2D eigenvalue weighted by Crippen LogP contribution is -2.16. The molecule has 3 aromatic rings. The summed E-state index contributed by atoms with van der Waals surface area (Å²) in [6.07, 6.45) is 1.71. The van der Waals surface area contributed by atoms with E-state index >= 15 is 0 Å². The normalized spacial score (nSPS) is 10.9. The van der Waals surface area contributed by atoms with Gasteiger partial charge in [0.25, 0.3) is 5.56 Å². The Bertz CT molecular complexity index is 906. The molecule has 0 aliphatic carbocycles. The van der Waals surface area contributed by atoms with E-state index in [9.17, 15) is 4.79 Å². The number of hydrogen-bond acceptors (Lipinski definition) is 3. The first-order valence-electron chi connectivity index (χ1n) is 6.60. The molecule has 0 aliphatic rings. The van der Waals surface area contributed by atoms with Gasteiger partial charge >= 0.3 is 0 Å². The van der Waals surface area contributed by atoms with E-state index in [-0.39, 0.29) is 12.2 Å². The molecule has 0 N–H and O–H groups in total. The standard InChI is InChI=1S/C16H12Cl2N2O2/c1-10-4-5-20-15(6-10)19-11(7-16(20)21)9-22-12-2-3-13(17)14(18)8-12/h2-8H,9H2,1H3. The first kappa shape index (κ1) is 14.9. The first-order chi connectivity index (χ1) is 10.5. The average molecular weight is 335 g/mol. The van der Waals surface area contributed by atoms with Crippen LogP contribution in [0.25, 0.3) is 5.65 Å². The Morgan fingerprint density at radius 2 is 1.95 bits per heavy atom. The van der Waals surface area contributed by atoms with Gasteiger partial charge in [0.15, 0.2) is 0 Å². The molecule has 2 heterocycles. The molecule has 0 bridgehead atoms. The quantitative estimate of drug-likeness (QED) is 0.729. The van der Waals surface area contributed by atoms with E-state index in [1.807, 2.05) is 19.1 Å². The molecule has 0 saturated heterocycles. The Morgan fingerprint density at radius 3 is 2.73 bits per heavy atom. The Morgan fingerprint density at radius 1 is 1.14 bits per heavy atom. The predicted octanol–water partition coefficient (Wildman–Crippen LogP) is 3.89. The molecule has 4 nitrogen and oxygen atoms in total. The highest BCUT2D eigenvalue weighted by molar-refractivity contribution is 6.42. The third kappa shape index (κ3) is 3.08. The third-order valence-corrected chi connectivity index (χ3v) is 3.89. The van der Waals surface area contributed by atoms with Crippen LogP contribution < -0.4 is 10.3 Å². The van der Waals surface area contributed by atoms with Crippen molar-refractivity contribution in [3.8, 4) is 5.75 Å². The zero-order chi connectivity index (χ0) is 15.7. The maximum absolute atomic E-state index is 12.0. The summed E-state index contributed by atoms with van der Waals surface area (Å²) in [7, 11) is 0. The summed E-state index contributed by atoms with van der Waals surface area (Å²) in [5.41, 5.74) is 2.05. The van der Waals surface area contributed by atoms with Crippen molar-refractivity contribution in [2.45, 2.75) is 13.5 Å². The van der Waals surface area contributed by atoms with Gasteiger partial charge in [-0.3, -0.25) is 9.20 Å². The number of aryl methyl sites for hydroxylation is 1. The zero-order valence-electron chi connectivity index (χ0n) is 11.7. The van der Waals surface area contributed by atoms with Crippen LogP contribution >= 0.6 is 23.2 Å². The van der Waals surface area contributed by atoms with Crippen molar-refractivity contribution in [3.63, 3.8) is 0 Å². The lowest BCUT2D eigenvalue weighted by atomic mass is 10.3. The molecule has 0 spiro atoms. The van der Waals surface area contributed by atoms with Gasteiger partial charge in [-0.25, -0.2) is 4.98 Å². The number of rotatable bonds is 3. The van der Waals surface area contributed by atoms with Crippen LogP contribution in [0.5, 0.6) is 5.75 Å². The molecule has 6 heteroatoms. The van der Waals surface area contributed by atoms with E-state index in [1.165, 1.54) is 10.5 Å². The fraction of sp³-hybridized carbons (Fsp3) is 0.125. The second-order valence-electron chi connectivity index (χ2n) is 4.88. The summed E-state index contributed by atoms with van der Waals surface area (Å²) in [5.74, 6) is 0.570. The molecule has 112 valence electrons. The number of halogens is 2. The summed E-state index contributed by atoms with van der Waals surface area (Å²) in [4.78, 5) is 16.5. The molecule has 0 fully saturated rings. The van der Waals surface area contributed by atoms with Crippen LogP contribution in [-0.2, 0) is 6.61 Å². The maximum Gasteiger partial charge on any atom is 0.258 e. The van der Waals surface area contributed by atoms with Gasteiger partial charge in [-0.15, -0.1) is 0 Å². The smallest absolute Gasteiger partial charge is 0.258 e. The lowest BCUT2D eigenvalue weighted by molar-refractivity contribution is 0.301. The van der Waals surface area contributed by atoms with Crippen molar-refractivity contribution in [2.24, 2.45) is 0 Å². The van der Waals surface area contributed by atoms with Gasteiger partial charge < -0.3 is 4.74 Å². The summed E-state index contributed by atoms with van der Waals surface area (Å²) in [6.45, 7) is 2.13. The van der Waals surface area contributed by atoms with E-state index in [0.29, 0.717) is 27.1 Å². The molecule has 0 amide bonds. The van der Waals surface area contributed by atoms with Gasteiger partial charge in [0.05, 0.1) is 15.7 Å². The van der Waals surface area contributed by atoms with Crippen LogP contribution in [0, 0.1) is 6.92 Å². The Kier molecular flexibility index (Phi) is 4.05. The Hall–Kier alpha value is -2.04. The van der Waals surface area contributed by atoms with Crippen LogP contribution in [-0.4, -0.2) is 9.38 Å². The highest BCUT2D eigenvalue weighted by Crippen LogP contribution is 2.26. The topological polar surface area (TPSA) is 43.6 Å². The van der Waals surface area contributed by atoms with Crippen molar-refractivity contribution < 1.29 is 4.74 Å². The van der Waals surface area contributed by atoms with E-state index in [0.717, 1.165) is 5.56 Å². The molecule has 0 saturated carbocycles. The minimum Gasteiger partial charge on any atom is -0.487 e. The molecule has 0 atom stereocenters. The number of nitrogens with zero attached hydrogens (tertiary/aromatic N) is 2. The second-order valence-corrected chi connectivity index (χ2v) is 5.70. The molecule has 0 radical (unpaired) electrons. The van der Waals surface area contributed by atoms with Gasteiger partial charge in [0.1, 0.15) is 18.0 Å². The van der Waals surface area contributed by atoms with Crippen LogP contribution in [0.3, 0.4) is 0 Å².